The van der Waals surface area contributed by atoms with Crippen LogP contribution in [0.4, 0.5) is 10.2 Å². The van der Waals surface area contributed by atoms with E-state index in [1.165, 1.54) is 6.07 Å². The third kappa shape index (κ3) is 5.29. The normalized spacial score (nSPS) is 19.1. The van der Waals surface area contributed by atoms with Crippen LogP contribution in [0.25, 0.3) is 0 Å². The molecule has 1 aromatic carbocycles. The molecule has 0 spiro atoms. The Balaban J connectivity index is 1.17. The summed E-state index contributed by atoms with van der Waals surface area (Å²) >= 11 is 0. The van der Waals surface area contributed by atoms with E-state index in [0.717, 1.165) is 57.4 Å². The predicted octanol–water partition coefficient (Wildman–Crippen LogP) is 3.54. The van der Waals surface area contributed by atoms with Gasteiger partial charge in [-0.1, -0.05) is 12.1 Å². The van der Waals surface area contributed by atoms with Crippen molar-refractivity contribution in [3.8, 4) is 11.9 Å². The zero-order valence-electron chi connectivity index (χ0n) is 19.8. The van der Waals surface area contributed by atoms with Gasteiger partial charge >= 0.3 is 0 Å². The minimum Gasteiger partial charge on any atom is -0.473 e. The molecule has 0 unspecified atom stereocenters. The molecule has 0 bridgehead atoms. The van der Waals surface area contributed by atoms with Gasteiger partial charge in [0, 0.05) is 56.8 Å². The Bertz CT molecular complexity index is 1200. The molecule has 2 saturated heterocycles. The Morgan fingerprint density at radius 1 is 1.23 bits per heavy atom. The lowest BCUT2D eigenvalue weighted by molar-refractivity contribution is -0.0599. The van der Waals surface area contributed by atoms with Gasteiger partial charge in [0.15, 0.2) is 0 Å². The standard InChI is InChI=1S/C26H29FN6O2/c1-19(26-29-8-9-33(26)17-22-7-14-34-22)31-10-12-32(13-11-31)24-3-2-4-25(30-24)35-18-21-6-5-20(16-28)15-23(21)27/h2-6,8-9,15,19,22H,7,10-14,17-18H2,1H3/t19-,22+/m1/s1. The largest absolute Gasteiger partial charge is 0.473 e. The fourth-order valence-electron chi connectivity index (χ4n) is 4.54. The van der Waals surface area contributed by atoms with Gasteiger partial charge in [-0.05, 0) is 31.5 Å². The van der Waals surface area contributed by atoms with Gasteiger partial charge in [-0.2, -0.15) is 10.2 Å². The second-order valence-corrected chi connectivity index (χ2v) is 8.96. The van der Waals surface area contributed by atoms with E-state index in [-0.39, 0.29) is 18.2 Å². The highest BCUT2D eigenvalue weighted by Crippen LogP contribution is 2.25. The van der Waals surface area contributed by atoms with Crippen LogP contribution in [0.2, 0.25) is 0 Å². The smallest absolute Gasteiger partial charge is 0.215 e. The van der Waals surface area contributed by atoms with E-state index in [1.807, 2.05) is 30.6 Å². The first-order valence-corrected chi connectivity index (χ1v) is 12.0. The lowest BCUT2D eigenvalue weighted by atomic mass is 10.1. The number of imidazole rings is 1. The molecule has 0 N–H and O–H groups in total. The van der Waals surface area contributed by atoms with Gasteiger partial charge in [-0.25, -0.2) is 9.37 Å². The summed E-state index contributed by atoms with van der Waals surface area (Å²) in [6.07, 6.45) is 5.34. The number of ether oxygens (including phenoxy) is 2. The molecule has 8 nitrogen and oxygen atoms in total. The third-order valence-corrected chi connectivity index (χ3v) is 6.77. The van der Waals surface area contributed by atoms with Gasteiger partial charge in [0.25, 0.3) is 0 Å². The molecule has 0 radical (unpaired) electrons. The van der Waals surface area contributed by atoms with Crippen molar-refractivity contribution in [1.29, 1.82) is 5.26 Å². The summed E-state index contributed by atoms with van der Waals surface area (Å²) in [5.74, 6) is 1.92. The minimum atomic E-state index is -0.453. The average Bonchev–Trinajstić information content (AvgIpc) is 3.33. The molecule has 182 valence electrons. The molecule has 2 aliphatic rings. The van der Waals surface area contributed by atoms with E-state index in [2.05, 4.69) is 31.3 Å². The topological polar surface area (TPSA) is 79.4 Å². The highest BCUT2D eigenvalue weighted by molar-refractivity contribution is 5.41. The van der Waals surface area contributed by atoms with Crippen molar-refractivity contribution in [1.82, 2.24) is 19.4 Å². The number of benzene rings is 1. The maximum absolute atomic E-state index is 14.1. The van der Waals surface area contributed by atoms with Gasteiger partial charge in [-0.3, -0.25) is 4.90 Å². The van der Waals surface area contributed by atoms with E-state index in [4.69, 9.17) is 14.7 Å². The molecule has 0 saturated carbocycles. The summed E-state index contributed by atoms with van der Waals surface area (Å²) in [4.78, 5) is 14.0. The number of rotatable bonds is 8. The van der Waals surface area contributed by atoms with Crippen LogP contribution in [-0.4, -0.2) is 58.3 Å². The Morgan fingerprint density at radius 2 is 2.06 bits per heavy atom. The van der Waals surface area contributed by atoms with Crippen LogP contribution in [0, 0.1) is 17.1 Å². The molecule has 2 aliphatic heterocycles. The number of halogens is 1. The minimum absolute atomic E-state index is 0.0534. The molecule has 35 heavy (non-hydrogen) atoms. The van der Waals surface area contributed by atoms with Crippen LogP contribution < -0.4 is 9.64 Å². The zero-order valence-corrected chi connectivity index (χ0v) is 19.8. The average molecular weight is 477 g/mol. The summed E-state index contributed by atoms with van der Waals surface area (Å²) in [6, 6.07) is 12.2. The molecular formula is C26H29FN6O2. The van der Waals surface area contributed by atoms with Crippen molar-refractivity contribution in [2.75, 3.05) is 37.7 Å². The van der Waals surface area contributed by atoms with Crippen molar-refractivity contribution in [3.05, 3.63) is 71.6 Å². The maximum atomic E-state index is 14.1. The fraction of sp³-hybridized carbons (Fsp3) is 0.423. The van der Waals surface area contributed by atoms with Crippen molar-refractivity contribution < 1.29 is 13.9 Å². The molecule has 9 heteroatoms. The first-order valence-electron chi connectivity index (χ1n) is 12.0. The fourth-order valence-corrected chi connectivity index (χ4v) is 4.54. The van der Waals surface area contributed by atoms with Gasteiger partial charge in [-0.15, -0.1) is 0 Å². The molecular weight excluding hydrogens is 447 g/mol. The van der Waals surface area contributed by atoms with E-state index >= 15 is 0 Å². The highest BCUT2D eigenvalue weighted by atomic mass is 19.1. The summed E-state index contributed by atoms with van der Waals surface area (Å²) in [7, 11) is 0. The van der Waals surface area contributed by atoms with Crippen LogP contribution in [0.5, 0.6) is 5.88 Å². The van der Waals surface area contributed by atoms with Gasteiger partial charge in [0.2, 0.25) is 5.88 Å². The van der Waals surface area contributed by atoms with Crippen LogP contribution in [0.3, 0.4) is 0 Å². The maximum Gasteiger partial charge on any atom is 0.215 e. The summed E-state index contributed by atoms with van der Waals surface area (Å²) < 4.78 is 27.7. The number of anilines is 1. The zero-order chi connectivity index (χ0) is 24.2. The van der Waals surface area contributed by atoms with E-state index < -0.39 is 5.82 Å². The first kappa shape index (κ1) is 23.3. The van der Waals surface area contributed by atoms with Crippen LogP contribution in [0.1, 0.15) is 36.3 Å². The monoisotopic (exact) mass is 476 g/mol. The van der Waals surface area contributed by atoms with E-state index in [1.54, 1.807) is 18.2 Å². The number of nitrogens with zero attached hydrogens (tertiary/aromatic N) is 6. The second kappa shape index (κ2) is 10.4. The van der Waals surface area contributed by atoms with Gasteiger partial charge in [0.1, 0.15) is 24.1 Å². The van der Waals surface area contributed by atoms with Crippen LogP contribution >= 0.6 is 0 Å². The van der Waals surface area contributed by atoms with Gasteiger partial charge in [0.05, 0.1) is 30.3 Å². The Labute approximate surface area is 204 Å². The van der Waals surface area contributed by atoms with Crippen molar-refractivity contribution >= 4 is 5.82 Å². The lowest BCUT2D eigenvalue weighted by Crippen LogP contribution is -2.48. The molecule has 2 aromatic heterocycles. The quantitative estimate of drug-likeness (QED) is 0.492. The number of hydrogen-bond donors (Lipinski definition) is 0. The summed E-state index contributed by atoms with van der Waals surface area (Å²) in [6.45, 7) is 7.48. The molecule has 2 fully saturated rings. The van der Waals surface area contributed by atoms with Crippen molar-refractivity contribution in [3.63, 3.8) is 0 Å². The van der Waals surface area contributed by atoms with Gasteiger partial charge < -0.3 is 18.9 Å². The Kier molecular flexibility index (Phi) is 6.93. The number of nitriles is 1. The third-order valence-electron chi connectivity index (χ3n) is 6.77. The molecule has 2 atom stereocenters. The molecule has 3 aromatic rings. The van der Waals surface area contributed by atoms with E-state index in [9.17, 15) is 4.39 Å². The Morgan fingerprint density at radius 3 is 2.77 bits per heavy atom. The van der Waals surface area contributed by atoms with E-state index in [0.29, 0.717) is 17.5 Å². The predicted molar refractivity (Wildman–Crippen MR) is 128 cm³/mol. The lowest BCUT2D eigenvalue weighted by Gasteiger charge is -2.38. The molecule has 0 amide bonds. The number of pyridine rings is 1. The highest BCUT2D eigenvalue weighted by Gasteiger charge is 2.27. The first-order chi connectivity index (χ1) is 17.1. The molecule has 4 heterocycles. The summed E-state index contributed by atoms with van der Waals surface area (Å²) in [5, 5.41) is 8.89. The summed E-state index contributed by atoms with van der Waals surface area (Å²) in [5.41, 5.74) is 0.678. The molecule has 0 aliphatic carbocycles. The Hall–Kier alpha value is -3.48. The molecule has 5 rings (SSSR count). The van der Waals surface area contributed by atoms with Crippen LogP contribution in [-0.2, 0) is 17.9 Å². The van der Waals surface area contributed by atoms with Crippen LogP contribution in [0.15, 0.2) is 48.8 Å². The van der Waals surface area contributed by atoms with Crippen molar-refractivity contribution in [2.24, 2.45) is 0 Å². The SMILES string of the molecule is C[C@H](c1nccn1C[C@@H]1CCO1)N1CCN(c2cccc(OCc3ccc(C#N)cc3F)n2)CC1. The number of aromatic nitrogens is 3. The van der Waals surface area contributed by atoms with Crippen molar-refractivity contribution in [2.45, 2.75) is 38.6 Å². The second-order valence-electron chi connectivity index (χ2n) is 8.96. The number of piperazine rings is 1. The number of hydrogen-bond acceptors (Lipinski definition) is 7.